The van der Waals surface area contributed by atoms with Gasteiger partial charge in [0.2, 0.25) is 0 Å². The summed E-state index contributed by atoms with van der Waals surface area (Å²) < 4.78 is 8.86. The van der Waals surface area contributed by atoms with Crippen molar-refractivity contribution in [2.24, 2.45) is 0 Å². The summed E-state index contributed by atoms with van der Waals surface area (Å²) in [6.45, 7) is 0. The molecule has 0 saturated heterocycles. The molecule has 0 saturated carbocycles. The first-order valence-electron chi connectivity index (χ1n) is 3.84. The van der Waals surface area contributed by atoms with Crippen LogP contribution >= 0.6 is 0 Å². The molecule has 71 valence electrons. The number of hydrogen-bond donors (Lipinski definition) is 0. The standard InChI is InChI=1S/C8H14O4.Na/c1-11-7(9)5-3-4-6-8(10)12-2;/h3-6H2,1-2H3;. The largest absolute Gasteiger partial charge is 0.469 e. The van der Waals surface area contributed by atoms with E-state index in [1.807, 2.05) is 0 Å². The molecule has 5 heteroatoms. The number of carbonyl (C=O) groups excluding carboxylic acids is 2. The average molecular weight is 197 g/mol. The molecule has 0 aliphatic heterocycles. The van der Waals surface area contributed by atoms with Gasteiger partial charge in [0.25, 0.3) is 0 Å². The van der Waals surface area contributed by atoms with Gasteiger partial charge in [0.1, 0.15) is 0 Å². The molecule has 0 atom stereocenters. The van der Waals surface area contributed by atoms with E-state index in [-0.39, 0.29) is 41.5 Å². The number of unbranched alkanes of at least 4 members (excludes halogenated alkanes) is 1. The zero-order chi connectivity index (χ0) is 9.40. The maximum absolute atomic E-state index is 10.6. The molecule has 1 radical (unpaired) electrons. The summed E-state index contributed by atoms with van der Waals surface area (Å²) in [7, 11) is 2.70. The summed E-state index contributed by atoms with van der Waals surface area (Å²) >= 11 is 0. The van der Waals surface area contributed by atoms with Crippen molar-refractivity contribution < 1.29 is 19.1 Å². The summed E-state index contributed by atoms with van der Waals surface area (Å²) in [5, 5.41) is 0. The van der Waals surface area contributed by atoms with E-state index in [0.717, 1.165) is 0 Å². The van der Waals surface area contributed by atoms with E-state index < -0.39 is 0 Å². The van der Waals surface area contributed by atoms with Crippen LogP contribution in [0.2, 0.25) is 0 Å². The molecule has 0 unspecified atom stereocenters. The first-order chi connectivity index (χ1) is 5.70. The maximum atomic E-state index is 10.6. The number of esters is 2. The molecule has 4 nitrogen and oxygen atoms in total. The van der Waals surface area contributed by atoms with Gasteiger partial charge in [-0.25, -0.2) is 0 Å². The van der Waals surface area contributed by atoms with Crippen LogP contribution in [0.15, 0.2) is 0 Å². The predicted octanol–water partition coefficient (Wildman–Crippen LogP) is 0.512. The second-order valence-corrected chi connectivity index (χ2v) is 2.36. The number of ether oxygens (including phenoxy) is 2. The minimum atomic E-state index is -0.236. The van der Waals surface area contributed by atoms with Gasteiger partial charge in [-0.05, 0) is 12.8 Å². The second kappa shape index (κ2) is 10.0. The van der Waals surface area contributed by atoms with E-state index in [2.05, 4.69) is 9.47 Å². The molecular formula is C8H14NaO4. The smallest absolute Gasteiger partial charge is 0.305 e. The third kappa shape index (κ3) is 9.86. The molecule has 0 aromatic heterocycles. The van der Waals surface area contributed by atoms with E-state index in [1.54, 1.807) is 0 Å². The monoisotopic (exact) mass is 197 g/mol. The quantitative estimate of drug-likeness (QED) is 0.366. The van der Waals surface area contributed by atoms with Gasteiger partial charge in [-0.1, -0.05) is 0 Å². The zero-order valence-electron chi connectivity index (χ0n) is 8.46. The molecule has 0 aromatic rings. The van der Waals surface area contributed by atoms with Gasteiger partial charge in [0, 0.05) is 42.4 Å². The second-order valence-electron chi connectivity index (χ2n) is 2.36. The van der Waals surface area contributed by atoms with Crippen molar-refractivity contribution in [1.82, 2.24) is 0 Å². The fourth-order valence-electron chi connectivity index (χ4n) is 0.743. The summed E-state index contributed by atoms with van der Waals surface area (Å²) in [4.78, 5) is 21.2. The predicted molar refractivity (Wildman–Crippen MR) is 48.3 cm³/mol. The van der Waals surface area contributed by atoms with Crippen LogP contribution in [0.1, 0.15) is 25.7 Å². The Balaban J connectivity index is 0. The zero-order valence-corrected chi connectivity index (χ0v) is 10.5. The number of rotatable bonds is 5. The maximum Gasteiger partial charge on any atom is 0.305 e. The molecule has 0 fully saturated rings. The van der Waals surface area contributed by atoms with Gasteiger partial charge in [-0.15, -0.1) is 0 Å². The summed E-state index contributed by atoms with van der Waals surface area (Å²) in [6.07, 6.45) is 2.07. The first kappa shape index (κ1) is 15.4. The van der Waals surface area contributed by atoms with Crippen molar-refractivity contribution in [2.75, 3.05) is 14.2 Å². The normalized spacial score (nSPS) is 8.46. The fourth-order valence-corrected chi connectivity index (χ4v) is 0.743. The third-order valence-electron chi connectivity index (χ3n) is 1.47. The van der Waals surface area contributed by atoms with Crippen molar-refractivity contribution >= 4 is 41.5 Å². The fraction of sp³-hybridized carbons (Fsp3) is 0.750. The molecule has 13 heavy (non-hydrogen) atoms. The molecule has 0 rings (SSSR count). The van der Waals surface area contributed by atoms with Crippen LogP contribution in [-0.4, -0.2) is 55.7 Å². The SMILES string of the molecule is COC(=O)CCCCC(=O)OC.[Na]. The van der Waals surface area contributed by atoms with Crippen LogP contribution in [0, 0.1) is 0 Å². The van der Waals surface area contributed by atoms with Crippen LogP contribution in [0.4, 0.5) is 0 Å². The van der Waals surface area contributed by atoms with Gasteiger partial charge >= 0.3 is 11.9 Å². The molecular weight excluding hydrogens is 183 g/mol. The summed E-state index contributed by atoms with van der Waals surface area (Å²) in [6, 6.07) is 0. The Hall–Kier alpha value is -0.0600. The molecule has 0 aliphatic rings. The van der Waals surface area contributed by atoms with E-state index in [0.29, 0.717) is 25.7 Å². The van der Waals surface area contributed by atoms with Gasteiger partial charge < -0.3 is 9.47 Å². The van der Waals surface area contributed by atoms with Gasteiger partial charge in [-0.2, -0.15) is 0 Å². The third-order valence-corrected chi connectivity index (χ3v) is 1.47. The Labute approximate surface area is 100 Å². The Morgan fingerprint density at radius 1 is 0.923 bits per heavy atom. The van der Waals surface area contributed by atoms with Crippen molar-refractivity contribution in [3.8, 4) is 0 Å². The van der Waals surface area contributed by atoms with Gasteiger partial charge in [-0.3, -0.25) is 9.59 Å². The van der Waals surface area contributed by atoms with Crippen LogP contribution < -0.4 is 0 Å². The molecule has 0 amide bonds. The van der Waals surface area contributed by atoms with E-state index in [9.17, 15) is 9.59 Å². The van der Waals surface area contributed by atoms with Crippen molar-refractivity contribution in [2.45, 2.75) is 25.7 Å². The summed E-state index contributed by atoms with van der Waals surface area (Å²) in [5.74, 6) is -0.472. The van der Waals surface area contributed by atoms with Crippen molar-refractivity contribution in [3.63, 3.8) is 0 Å². The average Bonchev–Trinajstić information content (AvgIpc) is 2.11. The van der Waals surface area contributed by atoms with Crippen molar-refractivity contribution in [1.29, 1.82) is 0 Å². The molecule has 0 heterocycles. The van der Waals surface area contributed by atoms with Crippen LogP contribution in [0.3, 0.4) is 0 Å². The molecule has 0 N–H and O–H groups in total. The molecule has 0 spiro atoms. The minimum absolute atomic E-state index is 0. The molecule has 0 aromatic carbocycles. The number of hydrogen-bond acceptors (Lipinski definition) is 4. The van der Waals surface area contributed by atoms with Crippen LogP contribution in [-0.2, 0) is 19.1 Å². The van der Waals surface area contributed by atoms with Crippen LogP contribution in [0.25, 0.3) is 0 Å². The van der Waals surface area contributed by atoms with Crippen LogP contribution in [0.5, 0.6) is 0 Å². The van der Waals surface area contributed by atoms with Crippen molar-refractivity contribution in [3.05, 3.63) is 0 Å². The first-order valence-corrected chi connectivity index (χ1v) is 3.84. The van der Waals surface area contributed by atoms with E-state index in [1.165, 1.54) is 14.2 Å². The number of carbonyl (C=O) groups is 2. The minimum Gasteiger partial charge on any atom is -0.469 e. The molecule has 0 aliphatic carbocycles. The van der Waals surface area contributed by atoms with E-state index >= 15 is 0 Å². The molecule has 0 bridgehead atoms. The Kier molecular flexibility index (Phi) is 11.9. The van der Waals surface area contributed by atoms with Gasteiger partial charge in [0.05, 0.1) is 14.2 Å². The Morgan fingerprint density at radius 3 is 1.46 bits per heavy atom. The Morgan fingerprint density at radius 2 is 1.23 bits per heavy atom. The Bertz CT molecular complexity index is 140. The van der Waals surface area contributed by atoms with E-state index in [4.69, 9.17) is 0 Å². The number of methoxy groups -OCH3 is 2. The topological polar surface area (TPSA) is 52.6 Å². The summed E-state index contributed by atoms with van der Waals surface area (Å²) in [5.41, 5.74) is 0. The van der Waals surface area contributed by atoms with Gasteiger partial charge in [0.15, 0.2) is 0 Å².